The Kier molecular flexibility index (Phi) is 4.69. The van der Waals surface area contributed by atoms with Gasteiger partial charge in [-0.3, -0.25) is 0 Å². The molecule has 0 spiro atoms. The van der Waals surface area contributed by atoms with Gasteiger partial charge in [0.15, 0.2) is 0 Å². The van der Waals surface area contributed by atoms with Gasteiger partial charge in [0, 0.05) is 9.92 Å². The summed E-state index contributed by atoms with van der Waals surface area (Å²) in [6.45, 7) is 2.01. The van der Waals surface area contributed by atoms with E-state index >= 15 is 0 Å². The van der Waals surface area contributed by atoms with Crippen molar-refractivity contribution in [3.05, 3.63) is 28.8 Å². The molecule has 0 radical (unpaired) electrons. The largest absolute Gasteiger partial charge is 0.288 e. The third-order valence-corrected chi connectivity index (χ3v) is 2.82. The zero-order chi connectivity index (χ0) is 10.6. The van der Waals surface area contributed by atoms with Gasteiger partial charge in [0.05, 0.1) is 0 Å². The Hall–Kier alpha value is -0.280. The van der Waals surface area contributed by atoms with Gasteiger partial charge in [-0.2, -0.15) is 8.78 Å². The van der Waals surface area contributed by atoms with Crippen LogP contribution in [0.5, 0.6) is 0 Å². The zero-order valence-corrected chi connectivity index (χ0v) is 9.34. The smallest absolute Gasteiger partial charge is 0.198 e. The summed E-state index contributed by atoms with van der Waals surface area (Å²) < 4.78 is 24.3. The Morgan fingerprint density at radius 1 is 1.43 bits per heavy atom. The minimum Gasteiger partial charge on any atom is -0.198 e. The van der Waals surface area contributed by atoms with Crippen LogP contribution >= 0.6 is 23.4 Å². The number of alkyl halides is 2. The summed E-state index contributed by atoms with van der Waals surface area (Å²) in [5, 5.41) is 0.604. The normalized spacial score (nSPS) is 10.9. The Labute approximate surface area is 91.6 Å². The molecule has 0 unspecified atom stereocenters. The zero-order valence-electron chi connectivity index (χ0n) is 7.77. The predicted molar refractivity (Wildman–Crippen MR) is 57.3 cm³/mol. The molecule has 0 aromatic heterocycles. The molecular weight excluding hydrogens is 226 g/mol. The van der Waals surface area contributed by atoms with Gasteiger partial charge in [-0.1, -0.05) is 36.7 Å². The highest BCUT2D eigenvalue weighted by molar-refractivity contribution is 7.99. The second kappa shape index (κ2) is 5.56. The van der Waals surface area contributed by atoms with Crippen LogP contribution in [0.4, 0.5) is 8.78 Å². The van der Waals surface area contributed by atoms with Crippen LogP contribution in [-0.4, -0.2) is 5.76 Å². The molecular formula is C10H11ClF2S. The first-order chi connectivity index (χ1) is 6.63. The molecule has 78 valence electrons. The van der Waals surface area contributed by atoms with Crippen LogP contribution in [0.2, 0.25) is 5.02 Å². The predicted octanol–water partition coefficient (Wildman–Crippen LogP) is 4.61. The van der Waals surface area contributed by atoms with Crippen molar-refractivity contribution in [2.75, 3.05) is 0 Å². The van der Waals surface area contributed by atoms with E-state index < -0.39 is 5.76 Å². The Morgan fingerprint density at radius 2 is 2.14 bits per heavy atom. The fourth-order valence-electron chi connectivity index (χ4n) is 1.22. The summed E-state index contributed by atoms with van der Waals surface area (Å²) in [5.41, 5.74) is 0.908. The highest BCUT2D eigenvalue weighted by Gasteiger charge is 2.09. The van der Waals surface area contributed by atoms with Crippen molar-refractivity contribution in [3.63, 3.8) is 0 Å². The lowest BCUT2D eigenvalue weighted by molar-refractivity contribution is 0.252. The maximum Gasteiger partial charge on any atom is 0.288 e. The van der Waals surface area contributed by atoms with E-state index in [9.17, 15) is 8.78 Å². The first-order valence-electron chi connectivity index (χ1n) is 4.36. The molecule has 0 saturated carbocycles. The number of benzene rings is 1. The molecule has 14 heavy (non-hydrogen) atoms. The molecule has 0 nitrogen and oxygen atoms in total. The van der Waals surface area contributed by atoms with Crippen molar-refractivity contribution >= 4 is 23.4 Å². The van der Waals surface area contributed by atoms with Crippen molar-refractivity contribution in [2.45, 2.75) is 30.4 Å². The lowest BCUT2D eigenvalue weighted by Gasteiger charge is -2.07. The average Bonchev–Trinajstić information content (AvgIpc) is 2.09. The third kappa shape index (κ3) is 3.46. The van der Waals surface area contributed by atoms with E-state index in [-0.39, 0.29) is 0 Å². The highest BCUT2D eigenvalue weighted by Crippen LogP contribution is 2.30. The molecule has 0 aliphatic carbocycles. The van der Waals surface area contributed by atoms with Gasteiger partial charge < -0.3 is 0 Å². The van der Waals surface area contributed by atoms with E-state index in [1.807, 2.05) is 6.92 Å². The van der Waals surface area contributed by atoms with Crippen molar-refractivity contribution in [1.82, 2.24) is 0 Å². The van der Waals surface area contributed by atoms with Crippen LogP contribution in [0.3, 0.4) is 0 Å². The molecule has 0 heterocycles. The van der Waals surface area contributed by atoms with E-state index in [2.05, 4.69) is 0 Å². The maximum absolute atomic E-state index is 12.2. The molecule has 0 aliphatic rings. The molecule has 0 bridgehead atoms. The SMILES string of the molecule is CCCc1cc(Cl)ccc1SC(F)F. The Bertz CT molecular complexity index is 302. The second-order valence-corrected chi connectivity index (χ2v) is 4.35. The van der Waals surface area contributed by atoms with Crippen molar-refractivity contribution < 1.29 is 8.78 Å². The summed E-state index contributed by atoms with van der Waals surface area (Å²) >= 11 is 6.37. The van der Waals surface area contributed by atoms with Gasteiger partial charge in [0.25, 0.3) is 5.76 Å². The molecule has 1 aromatic carbocycles. The number of aryl methyl sites for hydroxylation is 1. The van der Waals surface area contributed by atoms with Crippen LogP contribution in [0.25, 0.3) is 0 Å². The summed E-state index contributed by atoms with van der Waals surface area (Å²) in [6.07, 6.45) is 1.72. The number of thioether (sulfide) groups is 1. The van der Waals surface area contributed by atoms with Crippen molar-refractivity contribution in [2.24, 2.45) is 0 Å². The lowest BCUT2D eigenvalue weighted by Crippen LogP contribution is -1.90. The van der Waals surface area contributed by atoms with E-state index in [0.29, 0.717) is 21.7 Å². The summed E-state index contributed by atoms with van der Waals surface area (Å²) in [5.74, 6) is -2.37. The van der Waals surface area contributed by atoms with E-state index in [1.54, 1.807) is 18.2 Å². The third-order valence-electron chi connectivity index (χ3n) is 1.76. The van der Waals surface area contributed by atoms with E-state index in [1.165, 1.54) is 0 Å². The number of hydrogen-bond acceptors (Lipinski definition) is 1. The highest BCUT2D eigenvalue weighted by atomic mass is 35.5. The van der Waals surface area contributed by atoms with Gasteiger partial charge in [0.1, 0.15) is 0 Å². The molecule has 1 aromatic rings. The van der Waals surface area contributed by atoms with Crippen LogP contribution in [0, 0.1) is 0 Å². The molecule has 1 rings (SSSR count). The molecule has 0 saturated heterocycles. The van der Waals surface area contributed by atoms with Crippen LogP contribution in [0.15, 0.2) is 23.1 Å². The van der Waals surface area contributed by atoms with Crippen molar-refractivity contribution in [1.29, 1.82) is 0 Å². The average molecular weight is 237 g/mol. The molecule has 0 amide bonds. The standard InChI is InChI=1S/C10H11ClF2S/c1-2-3-7-6-8(11)4-5-9(7)14-10(12)13/h4-6,10H,2-3H2,1H3. The summed E-state index contributed by atoms with van der Waals surface area (Å²) in [6, 6.07) is 5.06. The van der Waals surface area contributed by atoms with Crippen LogP contribution < -0.4 is 0 Å². The molecule has 0 aliphatic heterocycles. The lowest BCUT2D eigenvalue weighted by atomic mass is 10.1. The first kappa shape index (κ1) is 11.8. The van der Waals surface area contributed by atoms with Gasteiger partial charge in [-0.05, 0) is 30.2 Å². The number of halogens is 3. The Balaban J connectivity index is 2.89. The quantitative estimate of drug-likeness (QED) is 0.688. The molecule has 0 fully saturated rings. The second-order valence-electron chi connectivity index (χ2n) is 2.88. The van der Waals surface area contributed by atoms with E-state index in [0.717, 1.165) is 18.4 Å². The monoisotopic (exact) mass is 236 g/mol. The van der Waals surface area contributed by atoms with Gasteiger partial charge in [0.2, 0.25) is 0 Å². The van der Waals surface area contributed by atoms with Crippen molar-refractivity contribution in [3.8, 4) is 0 Å². The molecule has 0 N–H and O–H groups in total. The fraction of sp³-hybridized carbons (Fsp3) is 0.400. The minimum absolute atomic E-state index is 0.582. The number of hydrogen-bond donors (Lipinski definition) is 0. The van der Waals surface area contributed by atoms with Crippen LogP contribution in [0.1, 0.15) is 18.9 Å². The maximum atomic E-state index is 12.2. The molecule has 4 heteroatoms. The Morgan fingerprint density at radius 3 is 2.71 bits per heavy atom. The first-order valence-corrected chi connectivity index (χ1v) is 5.62. The van der Waals surface area contributed by atoms with E-state index in [4.69, 9.17) is 11.6 Å². The van der Waals surface area contributed by atoms with Gasteiger partial charge >= 0.3 is 0 Å². The summed E-state index contributed by atoms with van der Waals surface area (Å²) in [7, 11) is 0. The minimum atomic E-state index is -2.37. The van der Waals surface area contributed by atoms with Gasteiger partial charge in [-0.25, -0.2) is 0 Å². The fourth-order valence-corrected chi connectivity index (χ4v) is 2.07. The topological polar surface area (TPSA) is 0 Å². The van der Waals surface area contributed by atoms with Crippen LogP contribution in [-0.2, 0) is 6.42 Å². The molecule has 0 atom stereocenters. The number of rotatable bonds is 4. The summed E-state index contributed by atoms with van der Waals surface area (Å²) in [4.78, 5) is 0.631. The van der Waals surface area contributed by atoms with Gasteiger partial charge in [-0.15, -0.1) is 0 Å².